The SMILES string of the molecule is CCCC(=O)c1cc2c(O)c(C(=O)O)c(=O)n(CC)c2cc1C. The van der Waals surface area contributed by atoms with E-state index in [1.54, 1.807) is 19.9 Å². The first kappa shape index (κ1) is 16.7. The standard InChI is InChI=1S/C17H19NO5/c1-4-6-13(19)10-8-11-12(7-9(10)3)18(5-2)16(21)14(15(11)20)17(22)23/h7-8,20H,4-6H2,1-3H3,(H,22,23). The average molecular weight is 317 g/mol. The van der Waals surface area contributed by atoms with Crippen molar-refractivity contribution in [2.45, 2.75) is 40.2 Å². The Bertz CT molecular complexity index is 864. The van der Waals surface area contributed by atoms with E-state index in [0.717, 1.165) is 0 Å². The zero-order valence-corrected chi connectivity index (χ0v) is 13.3. The molecule has 1 aromatic carbocycles. The molecule has 2 rings (SSSR count). The summed E-state index contributed by atoms with van der Waals surface area (Å²) in [5.74, 6) is -2.15. The lowest BCUT2D eigenvalue weighted by Gasteiger charge is -2.14. The molecule has 2 aromatic rings. The van der Waals surface area contributed by atoms with Crippen LogP contribution in [0.4, 0.5) is 0 Å². The molecule has 1 heterocycles. The van der Waals surface area contributed by atoms with Gasteiger partial charge in [0.1, 0.15) is 5.75 Å². The first-order valence-electron chi connectivity index (χ1n) is 7.50. The van der Waals surface area contributed by atoms with Crippen LogP contribution in [0.3, 0.4) is 0 Å². The highest BCUT2D eigenvalue weighted by Crippen LogP contribution is 2.29. The second kappa shape index (κ2) is 6.24. The van der Waals surface area contributed by atoms with Crippen molar-refractivity contribution in [3.63, 3.8) is 0 Å². The molecule has 0 aliphatic carbocycles. The molecule has 0 saturated carbocycles. The van der Waals surface area contributed by atoms with Crippen molar-refractivity contribution in [2.75, 3.05) is 0 Å². The number of hydrogen-bond donors (Lipinski definition) is 2. The summed E-state index contributed by atoms with van der Waals surface area (Å²) in [6.07, 6.45) is 1.06. The molecule has 0 spiro atoms. The number of carboxylic acid groups (broad SMARTS) is 1. The van der Waals surface area contributed by atoms with Crippen molar-refractivity contribution in [2.24, 2.45) is 0 Å². The Morgan fingerprint density at radius 1 is 1.22 bits per heavy atom. The van der Waals surface area contributed by atoms with Crippen LogP contribution in [0.1, 0.15) is 53.0 Å². The fraction of sp³-hybridized carbons (Fsp3) is 0.353. The minimum Gasteiger partial charge on any atom is -0.506 e. The fourth-order valence-electron chi connectivity index (χ4n) is 2.75. The summed E-state index contributed by atoms with van der Waals surface area (Å²) in [6, 6.07) is 3.13. The Kier molecular flexibility index (Phi) is 4.54. The highest BCUT2D eigenvalue weighted by Gasteiger charge is 2.22. The summed E-state index contributed by atoms with van der Waals surface area (Å²) in [6.45, 7) is 5.63. The molecule has 1 aromatic heterocycles. The van der Waals surface area contributed by atoms with Crippen molar-refractivity contribution in [1.29, 1.82) is 0 Å². The van der Waals surface area contributed by atoms with Gasteiger partial charge in [0, 0.05) is 23.9 Å². The molecular formula is C17H19NO5. The average Bonchev–Trinajstić information content (AvgIpc) is 2.47. The number of Topliss-reactive ketones (excluding diaryl/α,β-unsaturated/α-hetero) is 1. The number of aromatic hydroxyl groups is 1. The molecule has 0 aliphatic heterocycles. The number of carboxylic acids is 1. The number of ketones is 1. The largest absolute Gasteiger partial charge is 0.506 e. The Morgan fingerprint density at radius 3 is 2.39 bits per heavy atom. The van der Waals surface area contributed by atoms with Crippen LogP contribution in [-0.2, 0) is 6.54 Å². The van der Waals surface area contributed by atoms with E-state index in [1.165, 1.54) is 10.6 Å². The topological polar surface area (TPSA) is 96.6 Å². The van der Waals surface area contributed by atoms with E-state index in [-0.39, 0.29) is 17.7 Å². The number of nitrogens with zero attached hydrogens (tertiary/aromatic N) is 1. The predicted molar refractivity (Wildman–Crippen MR) is 86.5 cm³/mol. The quantitative estimate of drug-likeness (QED) is 0.826. The minimum atomic E-state index is -1.49. The van der Waals surface area contributed by atoms with Gasteiger partial charge in [0.15, 0.2) is 11.3 Å². The van der Waals surface area contributed by atoms with Crippen LogP contribution in [-0.4, -0.2) is 26.5 Å². The van der Waals surface area contributed by atoms with E-state index in [9.17, 15) is 24.6 Å². The number of pyridine rings is 1. The Morgan fingerprint density at radius 2 is 1.87 bits per heavy atom. The summed E-state index contributed by atoms with van der Waals surface area (Å²) < 4.78 is 1.29. The number of hydrogen-bond acceptors (Lipinski definition) is 4. The third kappa shape index (κ3) is 2.72. The molecule has 6 nitrogen and oxygen atoms in total. The van der Waals surface area contributed by atoms with E-state index in [1.807, 2.05) is 6.92 Å². The summed E-state index contributed by atoms with van der Waals surface area (Å²) in [5.41, 5.74) is 0.131. The number of aromatic carboxylic acids is 1. The van der Waals surface area contributed by atoms with Gasteiger partial charge in [-0.15, -0.1) is 0 Å². The normalized spacial score (nSPS) is 10.9. The number of rotatable bonds is 5. The van der Waals surface area contributed by atoms with Crippen molar-refractivity contribution in [3.05, 3.63) is 39.2 Å². The van der Waals surface area contributed by atoms with E-state index < -0.39 is 22.8 Å². The van der Waals surface area contributed by atoms with Crippen LogP contribution in [0.25, 0.3) is 10.9 Å². The molecule has 6 heteroatoms. The lowest BCUT2D eigenvalue weighted by atomic mass is 9.97. The van der Waals surface area contributed by atoms with Gasteiger partial charge in [-0.05, 0) is 38.0 Å². The van der Waals surface area contributed by atoms with Crippen LogP contribution in [0.15, 0.2) is 16.9 Å². The minimum absolute atomic E-state index is 0.0718. The maximum atomic E-state index is 12.3. The van der Waals surface area contributed by atoms with Crippen molar-refractivity contribution in [3.8, 4) is 5.75 Å². The van der Waals surface area contributed by atoms with Gasteiger partial charge in [0.25, 0.3) is 5.56 Å². The monoisotopic (exact) mass is 317 g/mol. The molecule has 0 saturated heterocycles. The van der Waals surface area contributed by atoms with Gasteiger partial charge < -0.3 is 14.8 Å². The summed E-state index contributed by atoms with van der Waals surface area (Å²) in [4.78, 5) is 35.8. The van der Waals surface area contributed by atoms with Gasteiger partial charge in [-0.25, -0.2) is 4.79 Å². The van der Waals surface area contributed by atoms with Crippen LogP contribution >= 0.6 is 0 Å². The van der Waals surface area contributed by atoms with E-state index in [0.29, 0.717) is 29.5 Å². The lowest BCUT2D eigenvalue weighted by molar-refractivity contribution is 0.0691. The number of aromatic nitrogens is 1. The highest BCUT2D eigenvalue weighted by atomic mass is 16.4. The molecule has 0 amide bonds. The third-order valence-corrected chi connectivity index (χ3v) is 3.89. The summed E-state index contributed by atoms with van der Waals surface area (Å²) in [7, 11) is 0. The second-order valence-corrected chi connectivity index (χ2v) is 5.44. The van der Waals surface area contributed by atoms with Crippen LogP contribution in [0.2, 0.25) is 0 Å². The molecule has 2 N–H and O–H groups in total. The molecule has 0 radical (unpaired) electrons. The Balaban J connectivity index is 2.93. The summed E-state index contributed by atoms with van der Waals surface area (Å²) >= 11 is 0. The van der Waals surface area contributed by atoms with Crippen molar-refractivity contribution in [1.82, 2.24) is 4.57 Å². The number of aryl methyl sites for hydroxylation is 2. The molecule has 122 valence electrons. The predicted octanol–water partition coefficient (Wildman–Crippen LogP) is 2.72. The van der Waals surface area contributed by atoms with Crippen molar-refractivity contribution >= 4 is 22.7 Å². The molecule has 0 unspecified atom stereocenters. The molecular weight excluding hydrogens is 298 g/mol. The van der Waals surface area contributed by atoms with Gasteiger partial charge in [-0.2, -0.15) is 0 Å². The van der Waals surface area contributed by atoms with Crippen LogP contribution < -0.4 is 5.56 Å². The maximum absolute atomic E-state index is 12.3. The molecule has 0 atom stereocenters. The zero-order chi connectivity index (χ0) is 17.3. The number of fused-ring (bicyclic) bond motifs is 1. The van der Waals surface area contributed by atoms with E-state index in [2.05, 4.69) is 0 Å². The maximum Gasteiger partial charge on any atom is 0.345 e. The van der Waals surface area contributed by atoms with E-state index in [4.69, 9.17) is 0 Å². The first-order chi connectivity index (χ1) is 10.8. The zero-order valence-electron chi connectivity index (χ0n) is 13.3. The lowest BCUT2D eigenvalue weighted by Crippen LogP contribution is -2.26. The van der Waals surface area contributed by atoms with Gasteiger partial charge in [0.2, 0.25) is 0 Å². The molecule has 0 bridgehead atoms. The molecule has 0 aliphatic rings. The number of carbonyl (C=O) groups is 2. The molecule has 23 heavy (non-hydrogen) atoms. The number of carbonyl (C=O) groups excluding carboxylic acids is 1. The fourth-order valence-corrected chi connectivity index (χ4v) is 2.75. The second-order valence-electron chi connectivity index (χ2n) is 5.44. The highest BCUT2D eigenvalue weighted by molar-refractivity contribution is 6.04. The first-order valence-corrected chi connectivity index (χ1v) is 7.50. The van der Waals surface area contributed by atoms with Crippen LogP contribution in [0.5, 0.6) is 5.75 Å². The van der Waals surface area contributed by atoms with Gasteiger partial charge >= 0.3 is 5.97 Å². The number of benzene rings is 1. The van der Waals surface area contributed by atoms with Gasteiger partial charge in [0.05, 0.1) is 5.52 Å². The Hall–Kier alpha value is -2.63. The van der Waals surface area contributed by atoms with E-state index >= 15 is 0 Å². The Labute approximate surface area is 133 Å². The van der Waals surface area contributed by atoms with Crippen molar-refractivity contribution < 1.29 is 19.8 Å². The summed E-state index contributed by atoms with van der Waals surface area (Å²) in [5, 5.41) is 19.6. The smallest absolute Gasteiger partial charge is 0.345 e. The third-order valence-electron chi connectivity index (χ3n) is 3.89. The van der Waals surface area contributed by atoms with Gasteiger partial charge in [-0.3, -0.25) is 9.59 Å². The molecule has 0 fully saturated rings. The van der Waals surface area contributed by atoms with Crippen LogP contribution in [0, 0.1) is 6.92 Å². The van der Waals surface area contributed by atoms with Gasteiger partial charge in [-0.1, -0.05) is 6.92 Å².